The maximum absolute atomic E-state index is 12.4. The maximum atomic E-state index is 12.4. The first-order valence-corrected chi connectivity index (χ1v) is 5.38. The number of rotatable bonds is 4. The highest BCUT2D eigenvalue weighted by molar-refractivity contribution is 7.99. The van der Waals surface area contributed by atoms with Crippen molar-refractivity contribution in [3.05, 3.63) is 23.3 Å². The molecule has 84 valence electrons. The van der Waals surface area contributed by atoms with Gasteiger partial charge in [0, 0.05) is 19.2 Å². The van der Waals surface area contributed by atoms with Gasteiger partial charge in [0.25, 0.3) is 0 Å². The number of imidazole rings is 1. The molecule has 0 radical (unpaired) electrons. The zero-order valence-electron chi connectivity index (χ0n) is 7.81. The Morgan fingerprint density at radius 2 is 2.20 bits per heavy atom. The van der Waals surface area contributed by atoms with Crippen molar-refractivity contribution in [1.29, 1.82) is 0 Å². The van der Waals surface area contributed by atoms with E-state index in [1.807, 2.05) is 0 Å². The largest absolute Gasteiger partial charge is 0.313 e. The van der Waals surface area contributed by atoms with Crippen molar-refractivity contribution in [1.82, 2.24) is 9.55 Å². The summed E-state index contributed by atoms with van der Waals surface area (Å²) in [5.74, 6) is -1.17. The van der Waals surface area contributed by atoms with Crippen molar-refractivity contribution in [2.45, 2.75) is 11.6 Å². The van der Waals surface area contributed by atoms with Crippen LogP contribution in [-0.2, 0) is 7.05 Å². The van der Waals surface area contributed by atoms with Crippen molar-refractivity contribution < 1.29 is 13.2 Å². The number of hydrogen-bond acceptors (Lipinski definition) is 2. The second kappa shape index (κ2) is 5.46. The fraction of sp³-hybridized carbons (Fsp3) is 0.375. The molecule has 0 bridgehead atoms. The van der Waals surface area contributed by atoms with Gasteiger partial charge in [0.1, 0.15) is 5.15 Å². The van der Waals surface area contributed by atoms with Crippen molar-refractivity contribution >= 4 is 23.4 Å². The summed E-state index contributed by atoms with van der Waals surface area (Å²) in [6.07, 6.45) is -1.11. The quantitative estimate of drug-likeness (QED) is 0.766. The first-order chi connectivity index (χ1) is 7.02. The third kappa shape index (κ3) is 3.46. The van der Waals surface area contributed by atoms with Crippen molar-refractivity contribution in [2.75, 3.05) is 5.75 Å². The highest BCUT2D eigenvalue weighted by Crippen LogP contribution is 2.23. The van der Waals surface area contributed by atoms with Gasteiger partial charge in [-0.2, -0.15) is 8.78 Å². The van der Waals surface area contributed by atoms with Gasteiger partial charge in [-0.25, -0.2) is 9.37 Å². The van der Waals surface area contributed by atoms with Gasteiger partial charge in [0.15, 0.2) is 11.0 Å². The molecule has 7 heteroatoms. The van der Waals surface area contributed by atoms with Gasteiger partial charge in [0.2, 0.25) is 0 Å². The summed E-state index contributed by atoms with van der Waals surface area (Å²) in [7, 11) is 1.69. The zero-order chi connectivity index (χ0) is 11.4. The number of aromatic nitrogens is 2. The maximum Gasteiger partial charge on any atom is 0.301 e. The van der Waals surface area contributed by atoms with E-state index in [1.54, 1.807) is 11.6 Å². The minimum atomic E-state index is -2.26. The first kappa shape index (κ1) is 12.4. The average Bonchev–Trinajstić information content (AvgIpc) is 2.49. The van der Waals surface area contributed by atoms with Crippen LogP contribution in [-0.4, -0.2) is 15.3 Å². The predicted octanol–water partition coefficient (Wildman–Crippen LogP) is 3.63. The van der Waals surface area contributed by atoms with Gasteiger partial charge in [-0.05, 0) is 0 Å². The van der Waals surface area contributed by atoms with E-state index in [4.69, 9.17) is 11.6 Å². The Balaban J connectivity index is 2.45. The van der Waals surface area contributed by atoms with Gasteiger partial charge in [-0.15, -0.1) is 0 Å². The van der Waals surface area contributed by atoms with Crippen LogP contribution >= 0.6 is 23.4 Å². The second-order valence-electron chi connectivity index (χ2n) is 2.69. The highest BCUT2D eigenvalue weighted by Gasteiger charge is 2.08. The molecule has 0 saturated heterocycles. The molecule has 1 heterocycles. The molecule has 15 heavy (non-hydrogen) atoms. The smallest absolute Gasteiger partial charge is 0.301 e. The normalized spacial score (nSPS) is 10.5. The van der Waals surface area contributed by atoms with Gasteiger partial charge in [-0.3, -0.25) is 0 Å². The van der Waals surface area contributed by atoms with E-state index in [-0.39, 0.29) is 12.2 Å². The summed E-state index contributed by atoms with van der Waals surface area (Å²) < 4.78 is 37.4. The lowest BCUT2D eigenvalue weighted by atomic mass is 10.4. The fourth-order valence-electron chi connectivity index (χ4n) is 0.834. The number of thioether (sulfide) groups is 1. The molecule has 0 aliphatic rings. The van der Waals surface area contributed by atoms with Gasteiger partial charge >= 0.3 is 6.08 Å². The number of halogens is 4. The van der Waals surface area contributed by atoms with Crippen LogP contribution in [0.2, 0.25) is 5.15 Å². The summed E-state index contributed by atoms with van der Waals surface area (Å²) in [6, 6.07) is 0. The van der Waals surface area contributed by atoms with Crippen LogP contribution in [0.1, 0.15) is 6.42 Å². The molecule has 0 spiro atoms. The van der Waals surface area contributed by atoms with Crippen LogP contribution in [0.4, 0.5) is 13.2 Å². The van der Waals surface area contributed by atoms with Crippen molar-refractivity contribution in [3.8, 4) is 0 Å². The number of hydrogen-bond donors (Lipinski definition) is 0. The second-order valence-corrected chi connectivity index (χ2v) is 4.14. The molecule has 0 aromatic carbocycles. The molecule has 2 nitrogen and oxygen atoms in total. The Kier molecular flexibility index (Phi) is 4.53. The summed E-state index contributed by atoms with van der Waals surface area (Å²) in [5, 5.41) is 1.03. The van der Waals surface area contributed by atoms with E-state index < -0.39 is 11.9 Å². The van der Waals surface area contributed by atoms with Crippen LogP contribution in [0.3, 0.4) is 0 Å². The van der Waals surface area contributed by atoms with Crippen LogP contribution in [0.25, 0.3) is 0 Å². The minimum Gasteiger partial charge on any atom is -0.313 e. The monoisotopic (exact) mass is 256 g/mol. The lowest BCUT2D eigenvalue weighted by molar-refractivity contribution is 0.373. The molecule has 1 rings (SSSR count). The first-order valence-electron chi connectivity index (χ1n) is 4.02. The summed E-state index contributed by atoms with van der Waals surface area (Å²) in [5.41, 5.74) is 0. The average molecular weight is 257 g/mol. The topological polar surface area (TPSA) is 17.8 Å². The SMILES string of the molecule is Cn1c(Cl)cnc1SCCC(F)=C(F)F. The predicted molar refractivity (Wildman–Crippen MR) is 53.9 cm³/mol. The van der Waals surface area contributed by atoms with E-state index in [0.29, 0.717) is 10.3 Å². The molecule has 0 atom stereocenters. The highest BCUT2D eigenvalue weighted by atomic mass is 35.5. The molecule has 0 N–H and O–H groups in total. The van der Waals surface area contributed by atoms with E-state index in [0.717, 1.165) is 0 Å². The molecule has 0 aliphatic heterocycles. The molecule has 1 aromatic heterocycles. The van der Waals surface area contributed by atoms with Crippen molar-refractivity contribution in [3.63, 3.8) is 0 Å². The number of nitrogens with zero attached hydrogens (tertiary/aromatic N) is 2. The summed E-state index contributed by atoms with van der Waals surface area (Å²) >= 11 is 6.88. The molecular formula is C8H8ClF3N2S. The molecule has 0 unspecified atom stereocenters. The van der Waals surface area contributed by atoms with Gasteiger partial charge in [0.05, 0.1) is 6.20 Å². The molecule has 0 fully saturated rings. The Hall–Kier alpha value is -0.620. The Morgan fingerprint density at radius 1 is 1.53 bits per heavy atom. The van der Waals surface area contributed by atoms with Crippen molar-refractivity contribution in [2.24, 2.45) is 7.05 Å². The third-order valence-electron chi connectivity index (χ3n) is 1.65. The third-order valence-corrected chi connectivity index (χ3v) is 3.04. The van der Waals surface area contributed by atoms with Gasteiger partial charge < -0.3 is 4.57 Å². The summed E-state index contributed by atoms with van der Waals surface area (Å²) in [6.45, 7) is 0. The Labute approximate surface area is 94.1 Å². The Bertz CT molecular complexity index is 374. The van der Waals surface area contributed by atoms with Crippen LogP contribution < -0.4 is 0 Å². The van der Waals surface area contributed by atoms with Crippen LogP contribution in [0.15, 0.2) is 23.3 Å². The van der Waals surface area contributed by atoms with Gasteiger partial charge in [-0.1, -0.05) is 23.4 Å². The molecule has 0 saturated carbocycles. The van der Waals surface area contributed by atoms with E-state index in [2.05, 4.69) is 4.98 Å². The van der Waals surface area contributed by atoms with E-state index in [1.165, 1.54) is 18.0 Å². The summed E-state index contributed by atoms with van der Waals surface area (Å²) in [4.78, 5) is 3.92. The molecule has 0 amide bonds. The molecule has 0 aliphatic carbocycles. The lowest BCUT2D eigenvalue weighted by Gasteiger charge is -2.00. The molecule has 1 aromatic rings. The number of allylic oxidation sites excluding steroid dienone is 1. The molecular weight excluding hydrogens is 249 g/mol. The van der Waals surface area contributed by atoms with E-state index >= 15 is 0 Å². The fourth-order valence-corrected chi connectivity index (χ4v) is 1.90. The standard InChI is InChI=1S/C8H8ClF3N2S/c1-14-6(9)4-13-8(14)15-3-2-5(10)7(11)12/h4H,2-3H2,1H3. The minimum absolute atomic E-state index is 0.199. The zero-order valence-corrected chi connectivity index (χ0v) is 9.38. The van der Waals surface area contributed by atoms with Crippen LogP contribution in [0.5, 0.6) is 0 Å². The van der Waals surface area contributed by atoms with E-state index in [9.17, 15) is 13.2 Å². The van der Waals surface area contributed by atoms with Crippen LogP contribution in [0, 0.1) is 0 Å². The lowest BCUT2D eigenvalue weighted by Crippen LogP contribution is -1.92. The Morgan fingerprint density at radius 3 is 2.67 bits per heavy atom.